The molecular weight excluding hydrogens is 402 g/mol. The summed E-state index contributed by atoms with van der Waals surface area (Å²) in [5, 5.41) is 3.68. The van der Waals surface area contributed by atoms with Gasteiger partial charge in [0, 0.05) is 24.2 Å². The molecule has 0 bridgehead atoms. The third-order valence-corrected chi connectivity index (χ3v) is 4.98. The lowest BCUT2D eigenvalue weighted by Gasteiger charge is -2.16. The largest absolute Gasteiger partial charge is 0.461 e. The van der Waals surface area contributed by atoms with Gasteiger partial charge >= 0.3 is 5.97 Å². The van der Waals surface area contributed by atoms with Gasteiger partial charge in [-0.25, -0.2) is 0 Å². The molecule has 0 fully saturated rings. The number of hydrogen-bond acceptors (Lipinski definition) is 4. The van der Waals surface area contributed by atoms with Crippen molar-refractivity contribution in [3.8, 4) is 36.0 Å². The van der Waals surface area contributed by atoms with Crippen LogP contribution in [0.1, 0.15) is 97.3 Å². The Labute approximate surface area is 194 Å². The van der Waals surface area contributed by atoms with Crippen molar-refractivity contribution in [2.75, 3.05) is 13.2 Å². The second-order valence-electron chi connectivity index (χ2n) is 7.72. The molecule has 0 aromatic carbocycles. The van der Waals surface area contributed by atoms with Crippen molar-refractivity contribution in [2.45, 2.75) is 109 Å². The molecule has 0 N–H and O–H groups in total. The third-order valence-electron chi connectivity index (χ3n) is 4.98. The second kappa shape index (κ2) is 23.1. The monoisotopic (exact) mass is 441 g/mol. The highest BCUT2D eigenvalue weighted by Gasteiger charge is 2.14. The maximum Gasteiger partial charge on any atom is 0.306 e. The van der Waals surface area contributed by atoms with Crippen molar-refractivity contribution in [3.05, 3.63) is 10.4 Å². The highest BCUT2D eigenvalue weighted by atomic mass is 16.5. The highest BCUT2D eigenvalue weighted by Crippen LogP contribution is 2.12. The van der Waals surface area contributed by atoms with Crippen LogP contribution in [0.4, 0.5) is 0 Å². The first-order valence-electron chi connectivity index (χ1n) is 11.9. The number of carbonyl (C=O) groups is 1. The number of unbranched alkanes of at least 4 members (excludes halogenated alkanes) is 8. The molecular formula is C26H39N3O3. The Morgan fingerprint density at radius 3 is 2.34 bits per heavy atom. The summed E-state index contributed by atoms with van der Waals surface area (Å²) in [6.45, 7) is 4.90. The van der Waals surface area contributed by atoms with E-state index in [2.05, 4.69) is 46.6 Å². The van der Waals surface area contributed by atoms with Crippen LogP contribution in [-0.4, -0.2) is 31.3 Å². The summed E-state index contributed by atoms with van der Waals surface area (Å²) in [5.41, 5.74) is 8.54. The molecule has 0 heterocycles. The van der Waals surface area contributed by atoms with Crippen LogP contribution >= 0.6 is 0 Å². The van der Waals surface area contributed by atoms with Gasteiger partial charge in [-0.3, -0.25) is 4.79 Å². The molecule has 6 heteroatoms. The van der Waals surface area contributed by atoms with Crippen LogP contribution < -0.4 is 0 Å². The average Bonchev–Trinajstić information content (AvgIpc) is 2.79. The predicted molar refractivity (Wildman–Crippen MR) is 129 cm³/mol. The Balaban J connectivity index is 4.28. The zero-order valence-corrected chi connectivity index (χ0v) is 19.9. The fourth-order valence-electron chi connectivity index (χ4n) is 3.04. The Kier molecular flexibility index (Phi) is 21.2. The van der Waals surface area contributed by atoms with Gasteiger partial charge in [-0.15, -0.1) is 6.42 Å². The fraction of sp³-hybridized carbons (Fsp3) is 0.731. The molecule has 2 atom stereocenters. The molecule has 32 heavy (non-hydrogen) atoms. The molecule has 0 amide bonds. The first-order valence-corrected chi connectivity index (χ1v) is 11.9. The van der Waals surface area contributed by atoms with Crippen molar-refractivity contribution in [3.63, 3.8) is 0 Å². The predicted octanol–water partition coefficient (Wildman–Crippen LogP) is 6.34. The lowest BCUT2D eigenvalue weighted by molar-refractivity contribution is -0.149. The maximum absolute atomic E-state index is 12.2. The smallest absolute Gasteiger partial charge is 0.306 e. The van der Waals surface area contributed by atoms with E-state index in [4.69, 9.17) is 21.4 Å². The van der Waals surface area contributed by atoms with Gasteiger partial charge in [0.1, 0.15) is 6.10 Å². The summed E-state index contributed by atoms with van der Waals surface area (Å²) >= 11 is 0. The molecule has 0 saturated carbocycles. The van der Waals surface area contributed by atoms with Gasteiger partial charge in [0.15, 0.2) is 0 Å². The van der Waals surface area contributed by atoms with Crippen LogP contribution in [0.3, 0.4) is 0 Å². The van der Waals surface area contributed by atoms with Crippen molar-refractivity contribution in [1.29, 1.82) is 0 Å². The van der Waals surface area contributed by atoms with Gasteiger partial charge in [0.2, 0.25) is 0 Å². The maximum atomic E-state index is 12.2. The van der Waals surface area contributed by atoms with E-state index in [-0.39, 0.29) is 18.1 Å². The zero-order valence-electron chi connectivity index (χ0n) is 19.9. The zero-order chi connectivity index (χ0) is 23.7. The van der Waals surface area contributed by atoms with Crippen LogP contribution in [0.2, 0.25) is 0 Å². The van der Waals surface area contributed by atoms with Gasteiger partial charge in [0.25, 0.3) is 0 Å². The van der Waals surface area contributed by atoms with Crippen LogP contribution in [0.15, 0.2) is 5.11 Å². The minimum atomic E-state index is -0.360. The molecule has 6 nitrogen and oxygen atoms in total. The number of terminal acetylenes is 1. The number of rotatable bonds is 19. The minimum Gasteiger partial charge on any atom is -0.461 e. The van der Waals surface area contributed by atoms with Crippen LogP contribution in [0, 0.1) is 36.0 Å². The Bertz CT molecular complexity index is 700. The van der Waals surface area contributed by atoms with E-state index in [0.717, 1.165) is 12.8 Å². The summed E-state index contributed by atoms with van der Waals surface area (Å²) in [4.78, 5) is 15.1. The number of esters is 1. The normalized spacial score (nSPS) is 11.5. The Hall–Kier alpha value is -2.58. The van der Waals surface area contributed by atoms with Gasteiger partial charge in [-0.2, -0.15) is 0 Å². The summed E-state index contributed by atoms with van der Waals surface area (Å²) in [5.74, 6) is 12.6. The molecule has 0 aliphatic carbocycles. The number of azide groups is 1. The average molecular weight is 442 g/mol. The molecule has 0 spiro atoms. The summed E-state index contributed by atoms with van der Waals surface area (Å²) in [7, 11) is 0. The van der Waals surface area contributed by atoms with E-state index in [9.17, 15) is 4.79 Å². The molecule has 176 valence electrons. The third kappa shape index (κ3) is 19.4. The van der Waals surface area contributed by atoms with Crippen molar-refractivity contribution in [1.82, 2.24) is 0 Å². The summed E-state index contributed by atoms with van der Waals surface area (Å²) in [6.07, 6.45) is 17.6. The van der Waals surface area contributed by atoms with Crippen LogP contribution in [0.25, 0.3) is 10.4 Å². The Morgan fingerprint density at radius 1 is 1.03 bits per heavy atom. The molecule has 2 unspecified atom stereocenters. The lowest BCUT2D eigenvalue weighted by atomic mass is 10.1. The molecule has 0 radical (unpaired) electrons. The summed E-state index contributed by atoms with van der Waals surface area (Å²) in [6, 6.07) is -0.188. The molecule has 0 rings (SSSR count). The van der Waals surface area contributed by atoms with Crippen molar-refractivity contribution >= 4 is 5.97 Å². The topological polar surface area (TPSA) is 84.3 Å². The number of nitrogens with zero attached hydrogens (tertiary/aromatic N) is 3. The standard InChI is InChI=1S/C26H39N3O3/c1-4-7-9-11-12-13-14-16-18-20-26(30)32-25(19-17-15-10-8-5-2)21-22-31-23-24(6-3)28-29-27/h2,24-25H,4,6-7,9,11-14,16,18-23H2,1,3H3. The van der Waals surface area contributed by atoms with Gasteiger partial charge < -0.3 is 9.47 Å². The van der Waals surface area contributed by atoms with E-state index in [0.29, 0.717) is 38.9 Å². The lowest BCUT2D eigenvalue weighted by Crippen LogP contribution is -2.21. The van der Waals surface area contributed by atoms with Gasteiger partial charge in [-0.1, -0.05) is 76.2 Å². The first-order chi connectivity index (χ1) is 15.7. The number of carbonyl (C=O) groups excluding carboxylic acids is 1. The minimum absolute atomic E-state index is 0.188. The van der Waals surface area contributed by atoms with E-state index in [1.54, 1.807) is 0 Å². The Morgan fingerprint density at radius 2 is 1.72 bits per heavy atom. The second-order valence-corrected chi connectivity index (χ2v) is 7.72. The quantitative estimate of drug-likeness (QED) is 0.0585. The number of ether oxygens (including phenoxy) is 2. The molecule has 0 aromatic rings. The molecule has 0 aliphatic heterocycles. The summed E-state index contributed by atoms with van der Waals surface area (Å²) < 4.78 is 11.2. The SMILES string of the molecule is C#CC#CC#CCC(CCOCC(CC)N=[N+]=[N-])OC(=O)CCCCCCCCCCC. The van der Waals surface area contributed by atoms with Crippen molar-refractivity contribution < 1.29 is 14.3 Å². The van der Waals surface area contributed by atoms with E-state index >= 15 is 0 Å². The molecule has 0 aromatic heterocycles. The van der Waals surface area contributed by atoms with Gasteiger partial charge in [0.05, 0.1) is 19.3 Å². The van der Waals surface area contributed by atoms with E-state index < -0.39 is 0 Å². The van der Waals surface area contributed by atoms with E-state index in [1.807, 2.05) is 6.92 Å². The van der Waals surface area contributed by atoms with Crippen LogP contribution in [-0.2, 0) is 14.3 Å². The fourth-order valence-corrected chi connectivity index (χ4v) is 3.04. The highest BCUT2D eigenvalue weighted by molar-refractivity contribution is 5.69. The molecule has 0 aliphatic rings. The van der Waals surface area contributed by atoms with Gasteiger partial charge in [-0.05, 0) is 42.1 Å². The van der Waals surface area contributed by atoms with Crippen LogP contribution in [0.5, 0.6) is 0 Å². The van der Waals surface area contributed by atoms with Crippen molar-refractivity contribution in [2.24, 2.45) is 5.11 Å². The van der Waals surface area contributed by atoms with E-state index in [1.165, 1.54) is 44.9 Å². The first kappa shape index (κ1) is 29.4. The molecule has 0 saturated heterocycles. The number of hydrogen-bond donors (Lipinski definition) is 0.